The lowest BCUT2D eigenvalue weighted by atomic mass is 10.2. The van der Waals surface area contributed by atoms with Crippen LogP contribution in [0.25, 0.3) is 0 Å². The van der Waals surface area contributed by atoms with Gasteiger partial charge in [0.2, 0.25) is 0 Å². The predicted octanol–water partition coefficient (Wildman–Crippen LogP) is 2.13. The number of hydrogen-bond donors (Lipinski definition) is 0. The molecule has 0 amide bonds. The number of Topliss-reactive ketones (excluding diaryl/α,β-unsaturated/α-hetero) is 1. The summed E-state index contributed by atoms with van der Waals surface area (Å²) in [6.45, 7) is 2.83. The Kier molecular flexibility index (Phi) is 9.06. The zero-order valence-corrected chi connectivity index (χ0v) is 8.78. The standard InChI is InChI=1S/C9H18O2S/c1-3-7-12-8-9(10)5-4-6-11-2/h3-8H2,1-2H3. The van der Waals surface area contributed by atoms with Crippen LogP contribution >= 0.6 is 11.8 Å². The summed E-state index contributed by atoms with van der Waals surface area (Å²) in [6, 6.07) is 0. The molecule has 0 heterocycles. The summed E-state index contributed by atoms with van der Waals surface area (Å²) >= 11 is 1.73. The molecule has 0 spiro atoms. The molecule has 0 unspecified atom stereocenters. The topological polar surface area (TPSA) is 26.3 Å². The number of hydrogen-bond acceptors (Lipinski definition) is 3. The van der Waals surface area contributed by atoms with Gasteiger partial charge in [-0.05, 0) is 18.6 Å². The zero-order chi connectivity index (χ0) is 9.23. The van der Waals surface area contributed by atoms with E-state index in [0.717, 1.165) is 18.6 Å². The molecule has 0 aromatic heterocycles. The number of carbonyl (C=O) groups excluding carboxylic acids is 1. The van der Waals surface area contributed by atoms with Crippen LogP contribution in [0.5, 0.6) is 0 Å². The van der Waals surface area contributed by atoms with E-state index in [1.807, 2.05) is 0 Å². The maximum atomic E-state index is 11.1. The number of methoxy groups -OCH3 is 1. The van der Waals surface area contributed by atoms with Gasteiger partial charge < -0.3 is 4.74 Å². The predicted molar refractivity (Wildman–Crippen MR) is 53.7 cm³/mol. The first-order chi connectivity index (χ1) is 5.81. The molecule has 0 atom stereocenters. The third-order valence-electron chi connectivity index (χ3n) is 1.42. The molecule has 0 saturated heterocycles. The molecule has 0 aliphatic rings. The second kappa shape index (κ2) is 9.07. The molecule has 72 valence electrons. The second-order valence-corrected chi connectivity index (χ2v) is 3.79. The van der Waals surface area contributed by atoms with Gasteiger partial charge in [-0.3, -0.25) is 4.79 Å². The molecular weight excluding hydrogens is 172 g/mol. The first kappa shape index (κ1) is 12.0. The van der Waals surface area contributed by atoms with Crippen LogP contribution in [0.4, 0.5) is 0 Å². The van der Waals surface area contributed by atoms with Crippen LogP contribution < -0.4 is 0 Å². The summed E-state index contributed by atoms with van der Waals surface area (Å²) < 4.78 is 4.86. The second-order valence-electron chi connectivity index (χ2n) is 2.69. The van der Waals surface area contributed by atoms with E-state index in [-0.39, 0.29) is 0 Å². The van der Waals surface area contributed by atoms with Crippen molar-refractivity contribution in [2.24, 2.45) is 0 Å². The molecular formula is C9H18O2S. The van der Waals surface area contributed by atoms with Crippen LogP contribution in [0, 0.1) is 0 Å². The molecule has 0 bridgehead atoms. The van der Waals surface area contributed by atoms with Gasteiger partial charge in [0.1, 0.15) is 5.78 Å². The van der Waals surface area contributed by atoms with Crippen molar-refractivity contribution in [1.82, 2.24) is 0 Å². The lowest BCUT2D eigenvalue weighted by Gasteiger charge is -1.99. The third-order valence-corrected chi connectivity index (χ3v) is 2.64. The number of ether oxygens (including phenoxy) is 1. The van der Waals surface area contributed by atoms with E-state index in [0.29, 0.717) is 24.6 Å². The minimum Gasteiger partial charge on any atom is -0.385 e. The number of ketones is 1. The van der Waals surface area contributed by atoms with Crippen molar-refractivity contribution in [3.63, 3.8) is 0 Å². The Bertz CT molecular complexity index is 103. The van der Waals surface area contributed by atoms with Gasteiger partial charge in [0.15, 0.2) is 0 Å². The Morgan fingerprint density at radius 3 is 2.83 bits per heavy atom. The Morgan fingerprint density at radius 2 is 2.25 bits per heavy atom. The van der Waals surface area contributed by atoms with Crippen molar-refractivity contribution in [2.45, 2.75) is 26.2 Å². The summed E-state index contributed by atoms with van der Waals surface area (Å²) in [5.74, 6) is 2.12. The quantitative estimate of drug-likeness (QED) is 0.548. The number of carbonyl (C=O) groups is 1. The summed E-state index contributed by atoms with van der Waals surface area (Å²) in [5.41, 5.74) is 0. The molecule has 0 aromatic rings. The highest BCUT2D eigenvalue weighted by molar-refractivity contribution is 7.99. The van der Waals surface area contributed by atoms with Crippen molar-refractivity contribution in [1.29, 1.82) is 0 Å². The molecule has 0 aliphatic heterocycles. The first-order valence-corrected chi connectivity index (χ1v) is 5.55. The Balaban J connectivity index is 3.10. The van der Waals surface area contributed by atoms with Gasteiger partial charge in [-0.15, -0.1) is 0 Å². The highest BCUT2D eigenvalue weighted by Crippen LogP contribution is 2.04. The lowest BCUT2D eigenvalue weighted by Crippen LogP contribution is -2.03. The van der Waals surface area contributed by atoms with E-state index < -0.39 is 0 Å². The van der Waals surface area contributed by atoms with E-state index in [2.05, 4.69) is 6.92 Å². The Morgan fingerprint density at radius 1 is 1.50 bits per heavy atom. The normalized spacial score (nSPS) is 10.2. The fraction of sp³-hybridized carbons (Fsp3) is 0.889. The maximum absolute atomic E-state index is 11.1. The largest absolute Gasteiger partial charge is 0.385 e. The van der Waals surface area contributed by atoms with Gasteiger partial charge in [-0.2, -0.15) is 11.8 Å². The van der Waals surface area contributed by atoms with Gasteiger partial charge in [0.25, 0.3) is 0 Å². The van der Waals surface area contributed by atoms with E-state index in [1.165, 1.54) is 0 Å². The lowest BCUT2D eigenvalue weighted by molar-refractivity contribution is -0.116. The fourth-order valence-electron chi connectivity index (χ4n) is 0.816. The van der Waals surface area contributed by atoms with Gasteiger partial charge in [0, 0.05) is 20.1 Å². The molecule has 0 aliphatic carbocycles. The smallest absolute Gasteiger partial charge is 0.142 e. The fourth-order valence-corrected chi connectivity index (χ4v) is 1.62. The summed E-state index contributed by atoms with van der Waals surface area (Å²) in [7, 11) is 1.66. The maximum Gasteiger partial charge on any atom is 0.142 e. The van der Waals surface area contributed by atoms with Crippen LogP contribution in [0.2, 0.25) is 0 Å². The van der Waals surface area contributed by atoms with Crippen molar-refractivity contribution in [3.05, 3.63) is 0 Å². The van der Waals surface area contributed by atoms with Gasteiger partial charge in [-0.25, -0.2) is 0 Å². The first-order valence-electron chi connectivity index (χ1n) is 4.39. The van der Waals surface area contributed by atoms with Crippen LogP contribution in [0.1, 0.15) is 26.2 Å². The molecule has 0 aromatic carbocycles. The molecule has 12 heavy (non-hydrogen) atoms. The van der Waals surface area contributed by atoms with Crippen molar-refractivity contribution in [2.75, 3.05) is 25.2 Å². The highest BCUT2D eigenvalue weighted by atomic mass is 32.2. The van der Waals surface area contributed by atoms with Crippen molar-refractivity contribution < 1.29 is 9.53 Å². The summed E-state index contributed by atoms with van der Waals surface area (Å²) in [4.78, 5) is 11.1. The van der Waals surface area contributed by atoms with E-state index in [9.17, 15) is 4.79 Å². The molecule has 3 heteroatoms. The molecule has 0 saturated carbocycles. The van der Waals surface area contributed by atoms with Gasteiger partial charge >= 0.3 is 0 Å². The van der Waals surface area contributed by atoms with Crippen LogP contribution in [-0.2, 0) is 9.53 Å². The molecule has 0 rings (SSSR count). The van der Waals surface area contributed by atoms with Gasteiger partial charge in [0.05, 0.1) is 5.75 Å². The molecule has 2 nitrogen and oxygen atoms in total. The average molecular weight is 190 g/mol. The zero-order valence-electron chi connectivity index (χ0n) is 7.97. The summed E-state index contributed by atoms with van der Waals surface area (Å²) in [5, 5.41) is 0. The van der Waals surface area contributed by atoms with Crippen LogP contribution in [0.15, 0.2) is 0 Å². The van der Waals surface area contributed by atoms with Gasteiger partial charge in [-0.1, -0.05) is 6.92 Å². The third kappa shape index (κ3) is 8.08. The minimum absolute atomic E-state index is 0.352. The van der Waals surface area contributed by atoms with E-state index >= 15 is 0 Å². The molecule has 0 N–H and O–H groups in total. The van der Waals surface area contributed by atoms with Crippen LogP contribution in [-0.4, -0.2) is 31.0 Å². The Hall–Kier alpha value is -0.0200. The van der Waals surface area contributed by atoms with Crippen molar-refractivity contribution in [3.8, 4) is 0 Å². The average Bonchev–Trinajstić information content (AvgIpc) is 2.06. The SMILES string of the molecule is CCCSCC(=O)CCCOC. The molecule has 0 fully saturated rings. The minimum atomic E-state index is 0.352. The van der Waals surface area contributed by atoms with E-state index in [1.54, 1.807) is 18.9 Å². The van der Waals surface area contributed by atoms with Crippen molar-refractivity contribution >= 4 is 17.5 Å². The summed E-state index contributed by atoms with van der Waals surface area (Å²) in [6.07, 6.45) is 2.68. The molecule has 0 radical (unpaired) electrons. The number of rotatable bonds is 8. The van der Waals surface area contributed by atoms with E-state index in [4.69, 9.17) is 4.74 Å². The highest BCUT2D eigenvalue weighted by Gasteiger charge is 2.00. The Labute approximate surface area is 79.1 Å². The van der Waals surface area contributed by atoms with Crippen LogP contribution in [0.3, 0.4) is 0 Å². The monoisotopic (exact) mass is 190 g/mol. The number of thioether (sulfide) groups is 1.